The van der Waals surface area contributed by atoms with E-state index in [2.05, 4.69) is 9.71 Å². The Bertz CT molecular complexity index is 1110. The molecule has 10 heteroatoms. The van der Waals surface area contributed by atoms with Gasteiger partial charge in [0.2, 0.25) is 18.9 Å². The smallest absolute Gasteiger partial charge is 0.231 e. The van der Waals surface area contributed by atoms with E-state index >= 15 is 0 Å². The summed E-state index contributed by atoms with van der Waals surface area (Å²) < 4.78 is 51.1. The lowest BCUT2D eigenvalue weighted by molar-refractivity contribution is 0.375. The molecule has 1 aliphatic carbocycles. The average molecular weight is 473 g/mol. The first kappa shape index (κ1) is 22.6. The van der Waals surface area contributed by atoms with E-state index in [-0.39, 0.29) is 4.90 Å². The van der Waals surface area contributed by atoms with Crippen LogP contribution in [0.4, 0.5) is 0 Å². The second-order valence-corrected chi connectivity index (χ2v) is 15.1. The lowest BCUT2D eigenvalue weighted by Crippen LogP contribution is -2.39. The lowest BCUT2D eigenvalue weighted by Gasteiger charge is -2.41. The van der Waals surface area contributed by atoms with Crippen molar-refractivity contribution in [3.63, 3.8) is 0 Å². The second kappa shape index (κ2) is 7.56. The molecule has 1 aromatic rings. The van der Waals surface area contributed by atoms with Crippen LogP contribution in [0.2, 0.25) is 0 Å². The topological polar surface area (TPSA) is 92.7 Å². The van der Waals surface area contributed by atoms with Crippen LogP contribution in [0.1, 0.15) is 26.3 Å². The number of sulfonamides is 1. The third-order valence-corrected chi connectivity index (χ3v) is 10.7. The van der Waals surface area contributed by atoms with Crippen molar-refractivity contribution >= 4 is 47.2 Å². The number of allylic oxidation sites excluding steroid dienone is 2. The highest BCUT2D eigenvalue weighted by atomic mass is 33.1. The zero-order valence-electron chi connectivity index (χ0n) is 16.8. The molecule has 0 amide bonds. The number of nitrogens with one attached hydrogen (secondary N) is 1. The molecule has 0 saturated heterocycles. The number of aliphatic imine (C=N–C) groups is 1. The molecule has 1 aliphatic heterocycles. The largest absolute Gasteiger partial charge is 0.253 e. The molecule has 2 atom stereocenters. The van der Waals surface area contributed by atoms with E-state index in [1.54, 1.807) is 30.3 Å². The third kappa shape index (κ3) is 4.99. The molecular formula is C19H24N2O4S4. The highest BCUT2D eigenvalue weighted by molar-refractivity contribution is 8.72. The number of aryl methyl sites for hydroxylation is 1. The number of hydrogen-bond acceptors (Lipinski definition) is 7. The van der Waals surface area contributed by atoms with Gasteiger partial charge in [0.05, 0.1) is 21.6 Å². The molecule has 158 valence electrons. The van der Waals surface area contributed by atoms with Gasteiger partial charge in [-0.05, 0) is 47.4 Å². The maximum atomic E-state index is 13.2. The zero-order chi connectivity index (χ0) is 21.7. The minimum atomic E-state index is -3.63. The zero-order valence-corrected chi connectivity index (χ0v) is 20.1. The summed E-state index contributed by atoms with van der Waals surface area (Å²) in [5, 5.41) is 0. The predicted octanol–water partition coefficient (Wildman–Crippen LogP) is 3.68. The molecule has 0 spiro atoms. The van der Waals surface area contributed by atoms with Crippen LogP contribution in [-0.4, -0.2) is 39.0 Å². The normalized spacial score (nSPS) is 24.8. The summed E-state index contributed by atoms with van der Waals surface area (Å²) in [5.74, 6) is 0. The van der Waals surface area contributed by atoms with Crippen LogP contribution in [0, 0.1) is 12.3 Å². The Labute approximate surface area is 180 Å². The molecule has 0 fully saturated rings. The van der Waals surface area contributed by atoms with Gasteiger partial charge in [-0.25, -0.2) is 16.8 Å². The molecule has 3 rings (SSSR count). The fourth-order valence-electron chi connectivity index (χ4n) is 2.89. The molecule has 0 radical (unpaired) electrons. The maximum Gasteiger partial charge on any atom is 0.231 e. The number of benzene rings is 1. The van der Waals surface area contributed by atoms with Crippen LogP contribution in [0.3, 0.4) is 0 Å². The first-order valence-corrected chi connectivity index (χ1v) is 14.5. The highest BCUT2D eigenvalue weighted by Crippen LogP contribution is 2.52. The summed E-state index contributed by atoms with van der Waals surface area (Å²) in [6.07, 6.45) is 6.63. The Balaban J connectivity index is 1.97. The lowest BCUT2D eigenvalue weighted by atomic mass is 9.77. The van der Waals surface area contributed by atoms with Gasteiger partial charge < -0.3 is 0 Å². The van der Waals surface area contributed by atoms with Crippen LogP contribution in [-0.2, 0) is 18.9 Å². The molecule has 1 N–H and O–H groups in total. The van der Waals surface area contributed by atoms with Gasteiger partial charge >= 0.3 is 0 Å². The molecule has 6 nitrogen and oxygen atoms in total. The quantitative estimate of drug-likeness (QED) is 0.657. The summed E-state index contributed by atoms with van der Waals surface area (Å²) in [5.41, 5.74) is 0.578. The molecule has 1 heterocycles. The van der Waals surface area contributed by atoms with E-state index in [0.717, 1.165) is 27.5 Å². The van der Waals surface area contributed by atoms with E-state index in [0.29, 0.717) is 5.71 Å². The first-order chi connectivity index (χ1) is 13.2. The summed E-state index contributed by atoms with van der Waals surface area (Å²) in [7, 11) is -6.13. The highest BCUT2D eigenvalue weighted by Gasteiger charge is 2.46. The fraction of sp³-hybridized carbons (Fsp3) is 0.421. The van der Waals surface area contributed by atoms with E-state index in [1.165, 1.54) is 11.8 Å². The minimum absolute atomic E-state index is 0.263. The van der Waals surface area contributed by atoms with Gasteiger partial charge in [0, 0.05) is 4.91 Å². The fourth-order valence-corrected chi connectivity index (χ4v) is 9.24. The van der Waals surface area contributed by atoms with Gasteiger partial charge in [0.1, 0.15) is 0 Å². The summed E-state index contributed by atoms with van der Waals surface area (Å²) >= 11 is 1.27. The van der Waals surface area contributed by atoms with Gasteiger partial charge in [0.15, 0.2) is 5.50 Å². The van der Waals surface area contributed by atoms with E-state index in [1.807, 2.05) is 39.8 Å². The average Bonchev–Trinajstić information content (AvgIpc) is 2.92. The van der Waals surface area contributed by atoms with E-state index in [9.17, 15) is 16.8 Å². The molecule has 0 aromatic heterocycles. The standard InChI is InChI=1S/C19H24N2O4S4/c1-13-6-8-14(9-7-13)29(24,25)27-19(18(2,3)4)11-10-15-16(12-19)26-17(20-15)21-28(5,22)23/h6-12,17,21H,1-5H3. The molecule has 2 aliphatic rings. The van der Waals surface area contributed by atoms with Crippen LogP contribution in [0.5, 0.6) is 0 Å². The van der Waals surface area contributed by atoms with Crippen molar-refractivity contribution in [2.24, 2.45) is 10.4 Å². The van der Waals surface area contributed by atoms with Gasteiger partial charge in [-0.2, -0.15) is 4.72 Å². The van der Waals surface area contributed by atoms with Crippen LogP contribution < -0.4 is 4.72 Å². The number of fused-ring (bicyclic) bond motifs is 1. The van der Waals surface area contributed by atoms with Crippen molar-refractivity contribution in [3.8, 4) is 0 Å². The monoisotopic (exact) mass is 472 g/mol. The van der Waals surface area contributed by atoms with E-state index < -0.39 is 34.6 Å². The molecule has 2 unspecified atom stereocenters. The number of hydrogen-bond donors (Lipinski definition) is 1. The first-order valence-electron chi connectivity index (χ1n) is 8.87. The van der Waals surface area contributed by atoms with Crippen molar-refractivity contribution in [2.75, 3.05) is 6.26 Å². The molecular weight excluding hydrogens is 448 g/mol. The Morgan fingerprint density at radius 3 is 2.31 bits per heavy atom. The second-order valence-electron chi connectivity index (χ2n) is 8.11. The van der Waals surface area contributed by atoms with Crippen molar-refractivity contribution in [2.45, 2.75) is 42.8 Å². The van der Waals surface area contributed by atoms with E-state index in [4.69, 9.17) is 0 Å². The summed E-state index contributed by atoms with van der Waals surface area (Å²) in [4.78, 5) is 5.42. The number of thioether (sulfide) groups is 1. The Morgan fingerprint density at radius 1 is 1.14 bits per heavy atom. The summed E-state index contributed by atoms with van der Waals surface area (Å²) in [6.45, 7) is 7.87. The summed E-state index contributed by atoms with van der Waals surface area (Å²) in [6, 6.07) is 6.81. The van der Waals surface area contributed by atoms with Gasteiger partial charge in [-0.3, -0.25) is 4.99 Å². The number of rotatable bonds is 5. The molecule has 29 heavy (non-hydrogen) atoms. The Hall–Kier alpha value is -1.07. The third-order valence-electron chi connectivity index (χ3n) is 4.63. The van der Waals surface area contributed by atoms with Crippen molar-refractivity contribution < 1.29 is 16.8 Å². The molecule has 0 bridgehead atoms. The molecule has 1 aromatic carbocycles. The minimum Gasteiger partial charge on any atom is -0.253 e. The van der Waals surface area contributed by atoms with Crippen LogP contribution in [0.25, 0.3) is 0 Å². The van der Waals surface area contributed by atoms with Crippen LogP contribution >= 0.6 is 22.6 Å². The Kier molecular flexibility index (Phi) is 5.90. The maximum absolute atomic E-state index is 13.2. The van der Waals surface area contributed by atoms with Gasteiger partial charge in [-0.15, -0.1) is 0 Å². The van der Waals surface area contributed by atoms with Gasteiger partial charge in [0.25, 0.3) is 0 Å². The van der Waals surface area contributed by atoms with Crippen molar-refractivity contribution in [1.29, 1.82) is 0 Å². The number of nitrogens with zero attached hydrogens (tertiary/aromatic N) is 1. The van der Waals surface area contributed by atoms with Gasteiger partial charge in [-0.1, -0.05) is 56.3 Å². The van der Waals surface area contributed by atoms with Crippen molar-refractivity contribution in [1.82, 2.24) is 4.72 Å². The SMILES string of the molecule is Cc1ccc(S(=O)(=O)SC2(C(C)(C)C)C=CC3=NC(NS(C)(=O)=O)SC3=C2)cc1. The Morgan fingerprint density at radius 2 is 1.76 bits per heavy atom. The molecule has 0 saturated carbocycles. The van der Waals surface area contributed by atoms with Crippen molar-refractivity contribution in [3.05, 3.63) is 53.0 Å². The predicted molar refractivity (Wildman–Crippen MR) is 122 cm³/mol. The van der Waals surface area contributed by atoms with Crippen LogP contribution in [0.15, 0.2) is 57.3 Å².